The van der Waals surface area contributed by atoms with E-state index in [1.807, 2.05) is 24.3 Å². The van der Waals surface area contributed by atoms with Crippen molar-refractivity contribution in [2.24, 2.45) is 0 Å². The number of rotatable bonds is 4. The summed E-state index contributed by atoms with van der Waals surface area (Å²) in [6.07, 6.45) is 0. The maximum atomic E-state index is 11.1. The summed E-state index contributed by atoms with van der Waals surface area (Å²) < 4.78 is 0. The highest BCUT2D eigenvalue weighted by Crippen LogP contribution is 2.28. The lowest BCUT2D eigenvalue weighted by Gasteiger charge is -2.19. The summed E-state index contributed by atoms with van der Waals surface area (Å²) in [5.74, 6) is -0.795. The van der Waals surface area contributed by atoms with Crippen molar-refractivity contribution in [3.8, 4) is 0 Å². The number of carboxylic acids is 1. The highest BCUT2D eigenvalue weighted by Gasteiger charge is 2.29. The van der Waals surface area contributed by atoms with Crippen molar-refractivity contribution >= 4 is 17.7 Å². The molecule has 88 valence electrons. The molecule has 1 aromatic rings. The van der Waals surface area contributed by atoms with Crippen LogP contribution in [0.3, 0.4) is 0 Å². The Morgan fingerprint density at radius 2 is 1.75 bits per heavy atom. The minimum absolute atomic E-state index is 0.540. The molecule has 0 saturated carbocycles. The van der Waals surface area contributed by atoms with E-state index in [0.29, 0.717) is 5.25 Å². The Bertz CT molecular complexity index is 366. The smallest absolute Gasteiger partial charge is 0.313 e. The predicted octanol–water partition coefficient (Wildman–Crippen LogP) is 3.55. The van der Waals surface area contributed by atoms with Crippen LogP contribution in [0, 0.1) is 0 Å². The average Bonchev–Trinajstić information content (AvgIpc) is 2.17. The molecular formula is C13H18O2S. The molecular weight excluding hydrogens is 220 g/mol. The van der Waals surface area contributed by atoms with E-state index in [2.05, 4.69) is 13.8 Å². The van der Waals surface area contributed by atoms with E-state index in [-0.39, 0.29) is 0 Å². The summed E-state index contributed by atoms with van der Waals surface area (Å²) in [5.41, 5.74) is 0.0224. The summed E-state index contributed by atoms with van der Waals surface area (Å²) in [7, 11) is 0. The zero-order valence-electron chi connectivity index (χ0n) is 10.2. The highest BCUT2D eigenvalue weighted by molar-refractivity contribution is 7.99. The third-order valence-corrected chi connectivity index (χ3v) is 3.50. The molecule has 0 spiro atoms. The molecule has 1 rings (SSSR count). The molecule has 0 radical (unpaired) electrons. The number of thioether (sulfide) groups is 1. The fourth-order valence-electron chi connectivity index (χ4n) is 1.35. The van der Waals surface area contributed by atoms with Gasteiger partial charge in [-0.3, -0.25) is 4.79 Å². The van der Waals surface area contributed by atoms with Crippen LogP contribution in [0.5, 0.6) is 0 Å². The van der Waals surface area contributed by atoms with Gasteiger partial charge in [0, 0.05) is 10.1 Å². The van der Waals surface area contributed by atoms with Gasteiger partial charge in [-0.25, -0.2) is 0 Å². The van der Waals surface area contributed by atoms with Crippen molar-refractivity contribution in [2.75, 3.05) is 0 Å². The molecule has 0 amide bonds. The fraction of sp³-hybridized carbons (Fsp3) is 0.462. The van der Waals surface area contributed by atoms with Crippen LogP contribution in [0.1, 0.15) is 33.3 Å². The van der Waals surface area contributed by atoms with Gasteiger partial charge in [-0.15, -0.1) is 11.8 Å². The zero-order valence-corrected chi connectivity index (χ0v) is 11.0. The Balaban J connectivity index is 2.91. The SMILES string of the molecule is CC(C)Sc1ccc(C(C)(C)C(=O)O)cc1. The van der Waals surface area contributed by atoms with Gasteiger partial charge in [0.2, 0.25) is 0 Å². The standard InChI is InChI=1S/C13H18O2S/c1-9(2)16-11-7-5-10(6-8-11)13(3,4)12(14)15/h5-9H,1-4H3,(H,14,15). The second kappa shape index (κ2) is 4.91. The first-order valence-electron chi connectivity index (χ1n) is 5.34. The lowest BCUT2D eigenvalue weighted by Crippen LogP contribution is -2.28. The number of aliphatic carboxylic acids is 1. The summed E-state index contributed by atoms with van der Waals surface area (Å²) in [4.78, 5) is 12.3. The summed E-state index contributed by atoms with van der Waals surface area (Å²) in [6, 6.07) is 7.78. The molecule has 0 aromatic heterocycles. The van der Waals surface area contributed by atoms with Crippen molar-refractivity contribution in [3.05, 3.63) is 29.8 Å². The maximum Gasteiger partial charge on any atom is 0.313 e. The normalized spacial score (nSPS) is 11.8. The van der Waals surface area contributed by atoms with Crippen molar-refractivity contribution in [2.45, 2.75) is 43.3 Å². The number of hydrogen-bond acceptors (Lipinski definition) is 2. The number of carbonyl (C=O) groups is 1. The molecule has 3 heteroatoms. The molecule has 0 atom stereocenters. The number of hydrogen-bond donors (Lipinski definition) is 1. The molecule has 0 heterocycles. The summed E-state index contributed by atoms with van der Waals surface area (Å²) >= 11 is 1.78. The molecule has 1 N–H and O–H groups in total. The van der Waals surface area contributed by atoms with Crippen LogP contribution in [0.4, 0.5) is 0 Å². The topological polar surface area (TPSA) is 37.3 Å². The molecule has 2 nitrogen and oxygen atoms in total. The highest BCUT2D eigenvalue weighted by atomic mass is 32.2. The van der Waals surface area contributed by atoms with Gasteiger partial charge >= 0.3 is 5.97 Å². The molecule has 0 aliphatic carbocycles. The Hall–Kier alpha value is -0.960. The maximum absolute atomic E-state index is 11.1. The van der Waals surface area contributed by atoms with Crippen molar-refractivity contribution < 1.29 is 9.90 Å². The molecule has 0 fully saturated rings. The Kier molecular flexibility index (Phi) is 4.03. The molecule has 0 bridgehead atoms. The third kappa shape index (κ3) is 3.01. The molecule has 1 aromatic carbocycles. The van der Waals surface area contributed by atoms with Crippen LogP contribution < -0.4 is 0 Å². The molecule has 0 aliphatic rings. The Labute approximate surface area is 101 Å². The second-order valence-electron chi connectivity index (χ2n) is 4.62. The lowest BCUT2D eigenvalue weighted by atomic mass is 9.85. The monoisotopic (exact) mass is 238 g/mol. The van der Waals surface area contributed by atoms with E-state index in [9.17, 15) is 4.79 Å². The first kappa shape index (κ1) is 13.1. The number of benzene rings is 1. The van der Waals surface area contributed by atoms with Crippen molar-refractivity contribution in [1.82, 2.24) is 0 Å². The van der Waals surface area contributed by atoms with Crippen molar-refractivity contribution in [1.29, 1.82) is 0 Å². The van der Waals surface area contributed by atoms with Gasteiger partial charge in [-0.05, 0) is 31.5 Å². The van der Waals surface area contributed by atoms with Gasteiger partial charge in [-0.1, -0.05) is 26.0 Å². The first-order chi connectivity index (χ1) is 7.34. The second-order valence-corrected chi connectivity index (χ2v) is 6.27. The van der Waals surface area contributed by atoms with Crippen LogP contribution in [0.2, 0.25) is 0 Å². The number of carboxylic acid groups (broad SMARTS) is 1. The summed E-state index contributed by atoms with van der Waals surface area (Å²) in [6.45, 7) is 7.72. The first-order valence-corrected chi connectivity index (χ1v) is 6.22. The van der Waals surface area contributed by atoms with E-state index in [1.54, 1.807) is 25.6 Å². The average molecular weight is 238 g/mol. The molecule has 0 unspecified atom stereocenters. The van der Waals surface area contributed by atoms with E-state index < -0.39 is 11.4 Å². The quantitative estimate of drug-likeness (QED) is 0.815. The van der Waals surface area contributed by atoms with Gasteiger partial charge in [-0.2, -0.15) is 0 Å². The Morgan fingerprint density at radius 3 is 2.12 bits per heavy atom. The molecule has 0 saturated heterocycles. The van der Waals surface area contributed by atoms with Crippen molar-refractivity contribution in [3.63, 3.8) is 0 Å². The van der Waals surface area contributed by atoms with Gasteiger partial charge in [0.25, 0.3) is 0 Å². The van der Waals surface area contributed by atoms with E-state index in [1.165, 1.54) is 4.90 Å². The Morgan fingerprint density at radius 1 is 1.25 bits per heavy atom. The molecule has 0 aliphatic heterocycles. The van der Waals surface area contributed by atoms with E-state index in [0.717, 1.165) is 5.56 Å². The lowest BCUT2D eigenvalue weighted by molar-refractivity contribution is -0.142. The van der Waals surface area contributed by atoms with Gasteiger partial charge in [0.1, 0.15) is 0 Å². The van der Waals surface area contributed by atoms with Crippen LogP contribution >= 0.6 is 11.8 Å². The van der Waals surface area contributed by atoms with Gasteiger partial charge < -0.3 is 5.11 Å². The molecule has 16 heavy (non-hydrogen) atoms. The van der Waals surface area contributed by atoms with Gasteiger partial charge in [0.05, 0.1) is 5.41 Å². The zero-order chi connectivity index (χ0) is 12.3. The fourth-order valence-corrected chi connectivity index (χ4v) is 2.18. The largest absolute Gasteiger partial charge is 0.481 e. The van der Waals surface area contributed by atoms with Crippen LogP contribution in [-0.2, 0) is 10.2 Å². The third-order valence-electron chi connectivity index (χ3n) is 2.48. The summed E-state index contributed by atoms with van der Waals surface area (Å²) in [5, 5.41) is 9.64. The van der Waals surface area contributed by atoms with Crippen LogP contribution in [0.25, 0.3) is 0 Å². The predicted molar refractivity (Wildman–Crippen MR) is 68.1 cm³/mol. The van der Waals surface area contributed by atoms with E-state index >= 15 is 0 Å². The van der Waals surface area contributed by atoms with Crippen LogP contribution in [0.15, 0.2) is 29.2 Å². The van der Waals surface area contributed by atoms with Crippen LogP contribution in [-0.4, -0.2) is 16.3 Å². The van der Waals surface area contributed by atoms with E-state index in [4.69, 9.17) is 5.11 Å². The minimum atomic E-state index is -0.818. The van der Waals surface area contributed by atoms with Gasteiger partial charge in [0.15, 0.2) is 0 Å². The minimum Gasteiger partial charge on any atom is -0.481 e.